The number of aromatic nitrogens is 1. The maximum atomic E-state index is 5.54. The van der Waals surface area contributed by atoms with Crippen molar-refractivity contribution in [3.8, 4) is 5.75 Å². The summed E-state index contributed by atoms with van der Waals surface area (Å²) in [5.41, 5.74) is 3.01. The molecule has 5 heteroatoms. The van der Waals surface area contributed by atoms with Crippen LogP contribution in [0.2, 0.25) is 0 Å². The number of ether oxygens (including phenoxy) is 2. The number of nitrogens with one attached hydrogen (secondary N) is 1. The minimum atomic E-state index is 0.443. The molecule has 0 spiro atoms. The number of nitrogens with zero attached hydrogens (tertiary/aromatic N) is 2. The van der Waals surface area contributed by atoms with E-state index in [1.54, 1.807) is 7.11 Å². The van der Waals surface area contributed by atoms with Crippen LogP contribution in [-0.4, -0.2) is 55.4 Å². The molecule has 2 heterocycles. The van der Waals surface area contributed by atoms with Gasteiger partial charge in [-0.05, 0) is 32.9 Å². The molecule has 1 aliphatic heterocycles. The summed E-state index contributed by atoms with van der Waals surface area (Å²) in [6.45, 7) is 10.0. The Kier molecular flexibility index (Phi) is 5.21. The standard InChI is InChI=1S/C19H27N3O2/c1-13-10-17(16-6-5-7-18(23-4)19(16)21-13)20-11-14(2)22-8-9-24-12-15(22)3/h5-7,10,14-15H,8-9,11-12H2,1-4H3,(H,20,21). The Morgan fingerprint density at radius 2 is 2.29 bits per heavy atom. The first kappa shape index (κ1) is 17.0. The van der Waals surface area contributed by atoms with E-state index in [9.17, 15) is 0 Å². The van der Waals surface area contributed by atoms with Crippen LogP contribution >= 0.6 is 0 Å². The van der Waals surface area contributed by atoms with Gasteiger partial charge in [-0.1, -0.05) is 12.1 Å². The zero-order valence-corrected chi connectivity index (χ0v) is 15.0. The van der Waals surface area contributed by atoms with Crippen LogP contribution in [0, 0.1) is 6.92 Å². The van der Waals surface area contributed by atoms with Gasteiger partial charge in [-0.15, -0.1) is 0 Å². The summed E-state index contributed by atoms with van der Waals surface area (Å²) in [7, 11) is 1.69. The van der Waals surface area contributed by atoms with Crippen LogP contribution in [0.1, 0.15) is 19.5 Å². The van der Waals surface area contributed by atoms with Crippen LogP contribution in [0.15, 0.2) is 24.3 Å². The first-order chi connectivity index (χ1) is 11.6. The molecule has 0 aliphatic carbocycles. The lowest BCUT2D eigenvalue weighted by Gasteiger charge is -2.38. The number of para-hydroxylation sites is 1. The lowest BCUT2D eigenvalue weighted by atomic mass is 10.1. The van der Waals surface area contributed by atoms with E-state index in [0.29, 0.717) is 12.1 Å². The average Bonchev–Trinajstić information content (AvgIpc) is 2.59. The number of hydrogen-bond acceptors (Lipinski definition) is 5. The van der Waals surface area contributed by atoms with Crippen LogP contribution in [-0.2, 0) is 4.74 Å². The van der Waals surface area contributed by atoms with E-state index in [-0.39, 0.29) is 0 Å². The lowest BCUT2D eigenvalue weighted by Crippen LogP contribution is -2.50. The third-order valence-electron chi connectivity index (χ3n) is 4.72. The number of pyridine rings is 1. The molecule has 1 aliphatic rings. The molecule has 0 bridgehead atoms. The second-order valence-electron chi connectivity index (χ2n) is 6.56. The number of benzene rings is 1. The molecular formula is C19H27N3O2. The van der Waals surface area contributed by atoms with Gasteiger partial charge in [0.15, 0.2) is 0 Å². The van der Waals surface area contributed by atoms with Crippen LogP contribution in [0.3, 0.4) is 0 Å². The van der Waals surface area contributed by atoms with Crippen molar-refractivity contribution in [2.75, 3.05) is 38.7 Å². The Morgan fingerprint density at radius 1 is 1.46 bits per heavy atom. The molecule has 2 atom stereocenters. The van der Waals surface area contributed by atoms with Crippen molar-refractivity contribution in [3.63, 3.8) is 0 Å². The first-order valence-corrected chi connectivity index (χ1v) is 8.62. The van der Waals surface area contributed by atoms with E-state index in [0.717, 1.165) is 54.3 Å². The molecule has 2 unspecified atom stereocenters. The number of rotatable bonds is 5. The highest BCUT2D eigenvalue weighted by Crippen LogP contribution is 2.30. The molecule has 1 N–H and O–H groups in total. The minimum Gasteiger partial charge on any atom is -0.494 e. The maximum Gasteiger partial charge on any atom is 0.145 e. The molecule has 1 aromatic carbocycles. The van der Waals surface area contributed by atoms with E-state index < -0.39 is 0 Å². The van der Waals surface area contributed by atoms with Crippen molar-refractivity contribution in [3.05, 3.63) is 30.0 Å². The predicted octanol–water partition coefficient (Wildman–Crippen LogP) is 3.07. The van der Waals surface area contributed by atoms with Gasteiger partial charge in [0.2, 0.25) is 0 Å². The summed E-state index contributed by atoms with van der Waals surface area (Å²) in [6, 6.07) is 9.07. The van der Waals surface area contributed by atoms with E-state index in [2.05, 4.69) is 41.2 Å². The SMILES string of the molecule is COc1cccc2c(NCC(C)N3CCOCC3C)cc(C)nc12. The molecular weight excluding hydrogens is 302 g/mol. The topological polar surface area (TPSA) is 46.6 Å². The zero-order valence-electron chi connectivity index (χ0n) is 15.0. The fraction of sp³-hybridized carbons (Fsp3) is 0.526. The number of hydrogen-bond donors (Lipinski definition) is 1. The smallest absolute Gasteiger partial charge is 0.145 e. The fourth-order valence-corrected chi connectivity index (χ4v) is 3.43. The van der Waals surface area contributed by atoms with Crippen molar-refractivity contribution in [2.24, 2.45) is 0 Å². The van der Waals surface area contributed by atoms with Crippen LogP contribution < -0.4 is 10.1 Å². The first-order valence-electron chi connectivity index (χ1n) is 8.62. The molecule has 0 amide bonds. The highest BCUT2D eigenvalue weighted by Gasteiger charge is 2.23. The molecule has 130 valence electrons. The molecule has 3 rings (SSSR count). The molecule has 5 nitrogen and oxygen atoms in total. The molecule has 1 aromatic heterocycles. The van der Waals surface area contributed by atoms with Gasteiger partial charge in [-0.3, -0.25) is 4.90 Å². The fourth-order valence-electron chi connectivity index (χ4n) is 3.43. The summed E-state index contributed by atoms with van der Waals surface area (Å²) in [5, 5.41) is 4.72. The second-order valence-corrected chi connectivity index (χ2v) is 6.56. The van der Waals surface area contributed by atoms with Crippen molar-refractivity contribution in [1.82, 2.24) is 9.88 Å². The molecule has 24 heavy (non-hydrogen) atoms. The number of aryl methyl sites for hydroxylation is 1. The van der Waals surface area contributed by atoms with Crippen LogP contribution in [0.25, 0.3) is 10.9 Å². The Bertz CT molecular complexity index is 704. The van der Waals surface area contributed by atoms with E-state index in [1.807, 2.05) is 19.1 Å². The van der Waals surface area contributed by atoms with E-state index in [4.69, 9.17) is 9.47 Å². The van der Waals surface area contributed by atoms with Crippen molar-refractivity contribution >= 4 is 16.6 Å². The molecule has 1 saturated heterocycles. The summed E-state index contributed by atoms with van der Waals surface area (Å²) in [4.78, 5) is 7.15. The Morgan fingerprint density at radius 3 is 3.04 bits per heavy atom. The average molecular weight is 329 g/mol. The Balaban J connectivity index is 1.80. The molecule has 0 radical (unpaired) electrons. The van der Waals surface area contributed by atoms with Gasteiger partial charge in [0.1, 0.15) is 11.3 Å². The van der Waals surface area contributed by atoms with Crippen molar-refractivity contribution in [1.29, 1.82) is 0 Å². The lowest BCUT2D eigenvalue weighted by molar-refractivity contribution is -0.0159. The largest absolute Gasteiger partial charge is 0.494 e. The maximum absolute atomic E-state index is 5.54. The summed E-state index contributed by atoms with van der Waals surface area (Å²) < 4.78 is 11.0. The summed E-state index contributed by atoms with van der Waals surface area (Å²) >= 11 is 0. The highest BCUT2D eigenvalue weighted by molar-refractivity contribution is 5.95. The van der Waals surface area contributed by atoms with Gasteiger partial charge < -0.3 is 14.8 Å². The van der Waals surface area contributed by atoms with Crippen LogP contribution in [0.5, 0.6) is 5.75 Å². The third-order valence-corrected chi connectivity index (χ3v) is 4.72. The van der Waals surface area contributed by atoms with Gasteiger partial charge in [-0.2, -0.15) is 0 Å². The minimum absolute atomic E-state index is 0.443. The summed E-state index contributed by atoms with van der Waals surface area (Å²) in [5.74, 6) is 0.814. The van der Waals surface area contributed by atoms with Crippen molar-refractivity contribution in [2.45, 2.75) is 32.9 Å². The number of anilines is 1. The number of fused-ring (bicyclic) bond motifs is 1. The number of morpholine rings is 1. The Labute approximate surface area is 144 Å². The van der Waals surface area contributed by atoms with E-state index in [1.165, 1.54) is 0 Å². The molecule has 2 aromatic rings. The van der Waals surface area contributed by atoms with Crippen molar-refractivity contribution < 1.29 is 9.47 Å². The normalized spacial score (nSPS) is 20.1. The quantitative estimate of drug-likeness (QED) is 0.913. The van der Waals surface area contributed by atoms with Crippen LogP contribution in [0.4, 0.5) is 5.69 Å². The number of methoxy groups -OCH3 is 1. The second kappa shape index (κ2) is 7.36. The van der Waals surface area contributed by atoms with Gasteiger partial charge in [0.05, 0.1) is 20.3 Å². The monoisotopic (exact) mass is 329 g/mol. The predicted molar refractivity (Wildman–Crippen MR) is 98.0 cm³/mol. The zero-order chi connectivity index (χ0) is 17.1. The molecule has 1 fully saturated rings. The van der Waals surface area contributed by atoms with Gasteiger partial charge in [0.25, 0.3) is 0 Å². The Hall–Kier alpha value is -1.85. The molecule has 0 saturated carbocycles. The van der Waals surface area contributed by atoms with E-state index >= 15 is 0 Å². The third kappa shape index (κ3) is 3.47. The van der Waals surface area contributed by atoms with Gasteiger partial charge >= 0.3 is 0 Å². The summed E-state index contributed by atoms with van der Waals surface area (Å²) in [6.07, 6.45) is 0. The highest BCUT2D eigenvalue weighted by atomic mass is 16.5. The van der Waals surface area contributed by atoms with Gasteiger partial charge in [-0.25, -0.2) is 4.98 Å². The van der Waals surface area contributed by atoms with Gasteiger partial charge in [0, 0.05) is 41.9 Å².